The highest BCUT2D eigenvalue weighted by molar-refractivity contribution is 5.95. The van der Waals surface area contributed by atoms with E-state index in [9.17, 15) is 9.59 Å². The first-order chi connectivity index (χ1) is 15.1. The summed E-state index contributed by atoms with van der Waals surface area (Å²) >= 11 is 0. The molecule has 31 heavy (non-hydrogen) atoms. The number of carbonyl (C=O) groups is 2. The predicted molar refractivity (Wildman–Crippen MR) is 115 cm³/mol. The maximum absolute atomic E-state index is 12.8. The first-order valence-electron chi connectivity index (χ1n) is 10.3. The lowest BCUT2D eigenvalue weighted by molar-refractivity contribution is -0.131. The molecule has 8 nitrogen and oxygen atoms in total. The smallest absolute Gasteiger partial charge is 0.251 e. The lowest BCUT2D eigenvalue weighted by Gasteiger charge is -2.21. The summed E-state index contributed by atoms with van der Waals surface area (Å²) in [5.74, 6) is 0.737. The third-order valence-electron chi connectivity index (χ3n) is 5.47. The molecule has 1 aliphatic heterocycles. The molecule has 1 fully saturated rings. The third kappa shape index (κ3) is 5.09. The van der Waals surface area contributed by atoms with Gasteiger partial charge in [0.15, 0.2) is 0 Å². The van der Waals surface area contributed by atoms with E-state index in [1.807, 2.05) is 41.3 Å². The van der Waals surface area contributed by atoms with E-state index >= 15 is 0 Å². The number of methoxy groups -OCH3 is 1. The van der Waals surface area contributed by atoms with E-state index in [1.165, 1.54) is 0 Å². The monoisotopic (exact) mass is 419 g/mol. The number of likely N-dealkylation sites (tertiary alicyclic amines) is 1. The SMILES string of the molecule is COc1cccc(CN2CCC(NC(=O)c3cccc(-n4cnnc4)c3)CCC2=O)c1. The first-order valence-corrected chi connectivity index (χ1v) is 10.3. The van der Waals surface area contributed by atoms with Crippen molar-refractivity contribution in [2.45, 2.75) is 31.8 Å². The number of rotatable bonds is 6. The lowest BCUT2D eigenvalue weighted by atomic mass is 10.1. The van der Waals surface area contributed by atoms with Crippen LogP contribution >= 0.6 is 0 Å². The maximum atomic E-state index is 12.8. The van der Waals surface area contributed by atoms with Crippen molar-refractivity contribution >= 4 is 11.8 Å². The van der Waals surface area contributed by atoms with Gasteiger partial charge in [0.25, 0.3) is 5.91 Å². The number of nitrogens with zero attached hydrogens (tertiary/aromatic N) is 4. The van der Waals surface area contributed by atoms with Crippen LogP contribution in [0.3, 0.4) is 0 Å². The molecule has 2 heterocycles. The fraction of sp³-hybridized carbons (Fsp3) is 0.304. The zero-order valence-electron chi connectivity index (χ0n) is 17.4. The highest BCUT2D eigenvalue weighted by atomic mass is 16.5. The summed E-state index contributed by atoms with van der Waals surface area (Å²) in [7, 11) is 1.63. The minimum Gasteiger partial charge on any atom is -0.497 e. The Labute approximate surface area is 180 Å². The van der Waals surface area contributed by atoms with Crippen molar-refractivity contribution < 1.29 is 14.3 Å². The number of hydrogen-bond acceptors (Lipinski definition) is 5. The van der Waals surface area contributed by atoms with Gasteiger partial charge in [0.1, 0.15) is 18.4 Å². The van der Waals surface area contributed by atoms with Crippen molar-refractivity contribution in [3.8, 4) is 11.4 Å². The molecule has 0 spiro atoms. The van der Waals surface area contributed by atoms with Crippen LogP contribution in [0, 0.1) is 0 Å². The van der Waals surface area contributed by atoms with Gasteiger partial charge in [-0.2, -0.15) is 0 Å². The molecule has 1 saturated heterocycles. The Morgan fingerprint density at radius 2 is 1.94 bits per heavy atom. The van der Waals surface area contributed by atoms with E-state index in [2.05, 4.69) is 15.5 Å². The highest BCUT2D eigenvalue weighted by Gasteiger charge is 2.24. The van der Waals surface area contributed by atoms with E-state index in [-0.39, 0.29) is 17.9 Å². The van der Waals surface area contributed by atoms with Crippen LogP contribution in [-0.2, 0) is 11.3 Å². The van der Waals surface area contributed by atoms with Crippen molar-refractivity contribution in [1.82, 2.24) is 25.0 Å². The summed E-state index contributed by atoms with van der Waals surface area (Å²) < 4.78 is 7.02. The number of benzene rings is 2. The topological polar surface area (TPSA) is 89.3 Å². The van der Waals surface area contributed by atoms with Gasteiger partial charge in [0.05, 0.1) is 7.11 Å². The van der Waals surface area contributed by atoms with Gasteiger partial charge in [-0.3, -0.25) is 14.2 Å². The molecular formula is C23H25N5O3. The van der Waals surface area contributed by atoms with Gasteiger partial charge in [-0.25, -0.2) is 0 Å². The zero-order chi connectivity index (χ0) is 21.6. The first kappa shape index (κ1) is 20.6. The van der Waals surface area contributed by atoms with Crippen LogP contribution in [0.5, 0.6) is 5.75 Å². The number of ether oxygens (including phenoxy) is 1. The van der Waals surface area contributed by atoms with Crippen LogP contribution in [0.25, 0.3) is 5.69 Å². The van der Waals surface area contributed by atoms with E-state index < -0.39 is 0 Å². The van der Waals surface area contributed by atoms with Crippen LogP contribution in [-0.4, -0.2) is 51.2 Å². The summed E-state index contributed by atoms with van der Waals surface area (Å²) in [5, 5.41) is 10.7. The van der Waals surface area contributed by atoms with Gasteiger partial charge in [0, 0.05) is 36.8 Å². The number of nitrogens with one attached hydrogen (secondary N) is 1. The molecule has 3 aromatic rings. The minimum atomic E-state index is -0.145. The Balaban J connectivity index is 1.38. The Bertz CT molecular complexity index is 1050. The minimum absolute atomic E-state index is 0.0506. The molecule has 160 valence electrons. The fourth-order valence-corrected chi connectivity index (χ4v) is 3.75. The maximum Gasteiger partial charge on any atom is 0.251 e. The quantitative estimate of drug-likeness (QED) is 0.663. The van der Waals surface area contributed by atoms with Gasteiger partial charge < -0.3 is 15.0 Å². The Morgan fingerprint density at radius 1 is 1.13 bits per heavy atom. The average molecular weight is 419 g/mol. The summed E-state index contributed by atoms with van der Waals surface area (Å²) in [6, 6.07) is 15.0. The van der Waals surface area contributed by atoms with Crippen molar-refractivity contribution in [3.05, 3.63) is 72.3 Å². The fourth-order valence-electron chi connectivity index (χ4n) is 3.75. The summed E-state index contributed by atoms with van der Waals surface area (Å²) in [5.41, 5.74) is 2.41. The highest BCUT2D eigenvalue weighted by Crippen LogP contribution is 2.19. The van der Waals surface area contributed by atoms with Gasteiger partial charge in [0.2, 0.25) is 5.91 Å². The molecule has 0 saturated carbocycles. The molecule has 1 aliphatic rings. The molecule has 4 rings (SSSR count). The average Bonchev–Trinajstić information content (AvgIpc) is 3.29. The molecule has 1 N–H and O–H groups in total. The van der Waals surface area contributed by atoms with Crippen LogP contribution in [0.4, 0.5) is 0 Å². The molecule has 1 atom stereocenters. The van der Waals surface area contributed by atoms with Gasteiger partial charge in [-0.15, -0.1) is 10.2 Å². The molecular weight excluding hydrogens is 394 g/mol. The molecule has 1 aromatic heterocycles. The lowest BCUT2D eigenvalue weighted by Crippen LogP contribution is -2.36. The van der Waals surface area contributed by atoms with Crippen molar-refractivity contribution in [2.24, 2.45) is 0 Å². The molecule has 2 aromatic carbocycles. The van der Waals surface area contributed by atoms with Gasteiger partial charge in [-0.05, 0) is 48.7 Å². The number of aromatic nitrogens is 3. The van der Waals surface area contributed by atoms with E-state index in [4.69, 9.17) is 4.74 Å². The van der Waals surface area contributed by atoms with E-state index in [1.54, 1.807) is 36.5 Å². The molecule has 0 aliphatic carbocycles. The Morgan fingerprint density at radius 3 is 2.74 bits per heavy atom. The molecule has 2 amide bonds. The molecule has 0 radical (unpaired) electrons. The van der Waals surface area contributed by atoms with E-state index in [0.717, 1.165) is 17.0 Å². The number of carbonyl (C=O) groups excluding carboxylic acids is 2. The second-order valence-corrected chi connectivity index (χ2v) is 7.58. The summed E-state index contributed by atoms with van der Waals surface area (Å²) in [6.45, 7) is 1.14. The summed E-state index contributed by atoms with van der Waals surface area (Å²) in [4.78, 5) is 27.3. The van der Waals surface area contributed by atoms with Gasteiger partial charge in [-0.1, -0.05) is 18.2 Å². The Hall–Kier alpha value is -3.68. The molecule has 1 unspecified atom stereocenters. The largest absolute Gasteiger partial charge is 0.497 e. The second-order valence-electron chi connectivity index (χ2n) is 7.58. The Kier molecular flexibility index (Phi) is 6.26. The number of hydrogen-bond donors (Lipinski definition) is 1. The van der Waals surface area contributed by atoms with E-state index in [0.29, 0.717) is 37.9 Å². The second kappa shape index (κ2) is 9.42. The normalized spacial score (nSPS) is 16.6. The standard InChI is InChI=1S/C23H25N5O3/c1-31-21-7-2-4-17(12-21)14-27-11-10-19(8-9-22(27)29)26-23(30)18-5-3-6-20(13-18)28-15-24-25-16-28/h2-7,12-13,15-16,19H,8-11,14H2,1H3,(H,26,30). The van der Waals surface area contributed by atoms with Gasteiger partial charge >= 0.3 is 0 Å². The van der Waals surface area contributed by atoms with Crippen molar-refractivity contribution in [2.75, 3.05) is 13.7 Å². The van der Waals surface area contributed by atoms with Crippen molar-refractivity contribution in [3.63, 3.8) is 0 Å². The number of amides is 2. The molecule has 0 bridgehead atoms. The summed E-state index contributed by atoms with van der Waals surface area (Å²) in [6.07, 6.45) is 4.93. The molecule has 8 heteroatoms. The van der Waals surface area contributed by atoms with Crippen LogP contribution in [0.15, 0.2) is 61.2 Å². The zero-order valence-corrected chi connectivity index (χ0v) is 17.4. The van der Waals surface area contributed by atoms with Crippen LogP contribution in [0.2, 0.25) is 0 Å². The third-order valence-corrected chi connectivity index (χ3v) is 5.47. The van der Waals surface area contributed by atoms with Crippen LogP contribution < -0.4 is 10.1 Å². The van der Waals surface area contributed by atoms with Crippen molar-refractivity contribution in [1.29, 1.82) is 0 Å². The van der Waals surface area contributed by atoms with Crippen LogP contribution in [0.1, 0.15) is 35.2 Å². The predicted octanol–water partition coefficient (Wildman–Crippen LogP) is 2.59.